The fourth-order valence-corrected chi connectivity index (χ4v) is 2.61. The van der Waals surface area contributed by atoms with Crippen LogP contribution >= 0.6 is 24.0 Å². The molecule has 0 atom stereocenters. The van der Waals surface area contributed by atoms with E-state index in [0.717, 1.165) is 5.56 Å². The molecule has 2 aromatic carbocycles. The van der Waals surface area contributed by atoms with E-state index in [1.165, 1.54) is 18.2 Å². The van der Waals surface area contributed by atoms with E-state index in [9.17, 15) is 9.18 Å². The highest BCUT2D eigenvalue weighted by Gasteiger charge is 2.06. The molecule has 0 fully saturated rings. The smallest absolute Gasteiger partial charge is 0.251 e. The number of hydrogen-bond acceptors (Lipinski definition) is 3. The zero-order chi connectivity index (χ0) is 20.4. The van der Waals surface area contributed by atoms with Crippen molar-refractivity contribution >= 4 is 35.8 Å². The SMILES string of the molecule is CCNC(=NCc1cc(C#N)ccc1F)NCCc1cccc(C(=O)NC)c1.I. The minimum atomic E-state index is -0.385. The number of guanidine groups is 1. The molecule has 0 radical (unpaired) electrons. The lowest BCUT2D eigenvalue weighted by molar-refractivity contribution is 0.0963. The van der Waals surface area contributed by atoms with Crippen molar-refractivity contribution in [2.75, 3.05) is 20.1 Å². The maximum absolute atomic E-state index is 13.9. The summed E-state index contributed by atoms with van der Waals surface area (Å²) in [5.74, 6) is 0.0580. The lowest BCUT2D eigenvalue weighted by Crippen LogP contribution is -2.38. The molecule has 0 heterocycles. The Hall–Kier alpha value is -2.67. The number of nitrogens with one attached hydrogen (secondary N) is 3. The summed E-state index contributed by atoms with van der Waals surface area (Å²) in [5, 5.41) is 17.9. The number of carbonyl (C=O) groups is 1. The van der Waals surface area contributed by atoms with Gasteiger partial charge in [0.25, 0.3) is 5.91 Å². The monoisotopic (exact) mass is 509 g/mol. The van der Waals surface area contributed by atoms with Gasteiger partial charge in [-0.1, -0.05) is 12.1 Å². The van der Waals surface area contributed by atoms with E-state index in [-0.39, 0.29) is 42.2 Å². The summed E-state index contributed by atoms with van der Waals surface area (Å²) in [7, 11) is 1.60. The highest BCUT2D eigenvalue weighted by molar-refractivity contribution is 14.0. The number of aliphatic imine (C=N–C) groups is 1. The summed E-state index contributed by atoms with van der Waals surface area (Å²) in [5.41, 5.74) is 2.42. The summed E-state index contributed by atoms with van der Waals surface area (Å²) in [6, 6.07) is 13.7. The van der Waals surface area contributed by atoms with Crippen LogP contribution in [0.1, 0.15) is 34.0 Å². The number of carbonyl (C=O) groups excluding carboxylic acids is 1. The third-order valence-corrected chi connectivity index (χ3v) is 4.05. The summed E-state index contributed by atoms with van der Waals surface area (Å²) >= 11 is 0. The number of benzene rings is 2. The van der Waals surface area contributed by atoms with Gasteiger partial charge in [0.05, 0.1) is 18.2 Å². The second-order valence-electron chi connectivity index (χ2n) is 6.07. The average molecular weight is 509 g/mol. The summed E-state index contributed by atoms with van der Waals surface area (Å²) < 4.78 is 13.9. The molecule has 0 aliphatic rings. The molecule has 1 amide bonds. The summed E-state index contributed by atoms with van der Waals surface area (Å²) in [6.07, 6.45) is 0.702. The first kappa shape index (κ1) is 24.4. The Morgan fingerprint density at radius 3 is 2.69 bits per heavy atom. The van der Waals surface area contributed by atoms with Crippen LogP contribution in [0.15, 0.2) is 47.5 Å². The third kappa shape index (κ3) is 7.69. The van der Waals surface area contributed by atoms with Crippen molar-refractivity contribution in [3.05, 3.63) is 70.5 Å². The molecule has 2 aromatic rings. The van der Waals surface area contributed by atoms with Gasteiger partial charge in [-0.3, -0.25) is 4.79 Å². The van der Waals surface area contributed by atoms with Crippen LogP contribution in [0.4, 0.5) is 4.39 Å². The van der Waals surface area contributed by atoms with Gasteiger partial charge in [0.15, 0.2) is 5.96 Å². The maximum atomic E-state index is 13.9. The molecular formula is C21H25FIN5O. The number of rotatable bonds is 7. The first-order valence-corrected chi connectivity index (χ1v) is 9.09. The Kier molecular flexibility index (Phi) is 10.7. The van der Waals surface area contributed by atoms with Crippen LogP contribution in [0.25, 0.3) is 0 Å². The Morgan fingerprint density at radius 1 is 1.21 bits per heavy atom. The van der Waals surface area contributed by atoms with E-state index >= 15 is 0 Å². The van der Waals surface area contributed by atoms with E-state index in [4.69, 9.17) is 5.26 Å². The van der Waals surface area contributed by atoms with Gasteiger partial charge in [-0.25, -0.2) is 9.38 Å². The predicted molar refractivity (Wildman–Crippen MR) is 123 cm³/mol. The van der Waals surface area contributed by atoms with Gasteiger partial charge in [-0.05, 0) is 49.2 Å². The van der Waals surface area contributed by atoms with Gasteiger partial charge in [0.2, 0.25) is 0 Å². The van der Waals surface area contributed by atoms with Gasteiger partial charge in [-0.15, -0.1) is 24.0 Å². The third-order valence-electron chi connectivity index (χ3n) is 4.05. The van der Waals surface area contributed by atoms with Crippen molar-refractivity contribution in [2.45, 2.75) is 19.9 Å². The number of nitriles is 1. The number of amides is 1. The minimum absolute atomic E-state index is 0. The van der Waals surface area contributed by atoms with Crippen molar-refractivity contribution in [3.63, 3.8) is 0 Å². The lowest BCUT2D eigenvalue weighted by atomic mass is 10.1. The van der Waals surface area contributed by atoms with Crippen LogP contribution in [-0.2, 0) is 13.0 Å². The van der Waals surface area contributed by atoms with Crippen LogP contribution in [-0.4, -0.2) is 32.0 Å². The molecular weight excluding hydrogens is 484 g/mol. The van der Waals surface area contributed by atoms with Crippen molar-refractivity contribution in [1.29, 1.82) is 5.26 Å². The molecule has 154 valence electrons. The molecule has 0 aromatic heterocycles. The lowest BCUT2D eigenvalue weighted by Gasteiger charge is -2.12. The predicted octanol–water partition coefficient (Wildman–Crippen LogP) is 2.97. The topological polar surface area (TPSA) is 89.3 Å². The molecule has 0 bridgehead atoms. The highest BCUT2D eigenvalue weighted by atomic mass is 127. The first-order chi connectivity index (χ1) is 13.6. The molecule has 6 nitrogen and oxygen atoms in total. The Balaban J connectivity index is 0.00000420. The largest absolute Gasteiger partial charge is 0.357 e. The maximum Gasteiger partial charge on any atom is 0.251 e. The number of hydrogen-bond donors (Lipinski definition) is 3. The van der Waals surface area contributed by atoms with E-state index in [1.54, 1.807) is 13.1 Å². The quantitative estimate of drug-likeness (QED) is 0.304. The van der Waals surface area contributed by atoms with Crippen LogP contribution in [0.5, 0.6) is 0 Å². The van der Waals surface area contributed by atoms with Crippen LogP contribution in [0, 0.1) is 17.1 Å². The van der Waals surface area contributed by atoms with Gasteiger partial charge in [-0.2, -0.15) is 5.26 Å². The number of halogens is 2. The van der Waals surface area contributed by atoms with Gasteiger partial charge < -0.3 is 16.0 Å². The molecule has 0 unspecified atom stereocenters. The Labute approximate surface area is 187 Å². The second kappa shape index (κ2) is 12.7. The van der Waals surface area contributed by atoms with Crippen molar-refractivity contribution in [1.82, 2.24) is 16.0 Å². The fraction of sp³-hybridized carbons (Fsp3) is 0.286. The molecule has 0 saturated carbocycles. The van der Waals surface area contributed by atoms with E-state index in [1.807, 2.05) is 31.2 Å². The van der Waals surface area contributed by atoms with E-state index in [0.29, 0.717) is 42.2 Å². The standard InChI is InChI=1S/C21H24FN5O.HI/c1-3-25-21(27-14-18-12-16(13-23)7-8-19(18)22)26-10-9-15-5-4-6-17(11-15)20(28)24-2;/h4-8,11-12H,3,9-10,14H2,1-2H3,(H,24,28)(H2,25,26,27);1H. The summed E-state index contributed by atoms with van der Waals surface area (Å²) in [4.78, 5) is 16.1. The molecule has 0 saturated heterocycles. The van der Waals surface area contributed by atoms with E-state index < -0.39 is 0 Å². The molecule has 0 spiro atoms. The van der Waals surface area contributed by atoms with E-state index in [2.05, 4.69) is 20.9 Å². The summed E-state index contributed by atoms with van der Waals surface area (Å²) in [6.45, 7) is 3.34. The van der Waals surface area contributed by atoms with Crippen LogP contribution < -0.4 is 16.0 Å². The molecule has 29 heavy (non-hydrogen) atoms. The molecule has 0 aliphatic carbocycles. The average Bonchev–Trinajstić information content (AvgIpc) is 2.72. The van der Waals surface area contributed by atoms with Gasteiger partial charge in [0, 0.05) is 31.3 Å². The zero-order valence-electron chi connectivity index (χ0n) is 16.5. The highest BCUT2D eigenvalue weighted by Crippen LogP contribution is 2.11. The van der Waals surface area contributed by atoms with Gasteiger partial charge >= 0.3 is 0 Å². The van der Waals surface area contributed by atoms with Crippen LogP contribution in [0.2, 0.25) is 0 Å². The Morgan fingerprint density at radius 2 is 2.00 bits per heavy atom. The Bertz CT molecular complexity index is 895. The second-order valence-corrected chi connectivity index (χ2v) is 6.07. The molecule has 0 aliphatic heterocycles. The fourth-order valence-electron chi connectivity index (χ4n) is 2.61. The molecule has 3 N–H and O–H groups in total. The first-order valence-electron chi connectivity index (χ1n) is 9.09. The molecule has 2 rings (SSSR count). The van der Waals surface area contributed by atoms with Crippen molar-refractivity contribution in [2.24, 2.45) is 4.99 Å². The van der Waals surface area contributed by atoms with Crippen molar-refractivity contribution in [3.8, 4) is 6.07 Å². The molecule has 8 heteroatoms. The normalized spacial score (nSPS) is 10.5. The van der Waals surface area contributed by atoms with Gasteiger partial charge in [0.1, 0.15) is 5.82 Å². The minimum Gasteiger partial charge on any atom is -0.357 e. The van der Waals surface area contributed by atoms with Crippen molar-refractivity contribution < 1.29 is 9.18 Å². The number of nitrogens with zero attached hydrogens (tertiary/aromatic N) is 2. The zero-order valence-corrected chi connectivity index (χ0v) is 18.8. The van der Waals surface area contributed by atoms with Crippen LogP contribution in [0.3, 0.4) is 0 Å².